The Morgan fingerprint density at radius 2 is 1.63 bits per heavy atom. The van der Waals surface area contributed by atoms with E-state index in [9.17, 15) is 9.59 Å². The monoisotopic (exact) mass is 415 g/mol. The van der Waals surface area contributed by atoms with Gasteiger partial charge in [-0.2, -0.15) is 4.99 Å². The van der Waals surface area contributed by atoms with E-state index in [4.69, 9.17) is 5.11 Å². The van der Waals surface area contributed by atoms with Crippen LogP contribution < -0.4 is 5.32 Å². The van der Waals surface area contributed by atoms with Gasteiger partial charge in [0.2, 0.25) is 0 Å². The molecule has 0 unspecified atom stereocenters. The highest BCUT2D eigenvalue weighted by Gasteiger charge is 2.22. The minimum Gasteiger partial charge on any atom is -0.481 e. The minimum atomic E-state index is -0.874. The van der Waals surface area contributed by atoms with Gasteiger partial charge in [-0.3, -0.25) is 14.6 Å². The zero-order valence-electron chi connectivity index (χ0n) is 15.8. The Bertz CT molecular complexity index is 1140. The molecule has 0 bridgehead atoms. The van der Waals surface area contributed by atoms with Crippen molar-refractivity contribution in [3.05, 3.63) is 89.1 Å². The molecule has 1 amide bonds. The van der Waals surface area contributed by atoms with Gasteiger partial charge in [-0.15, -0.1) is 0 Å². The smallest absolute Gasteiger partial charge is 0.307 e. The number of hydrogen-bond donors (Lipinski definition) is 2. The van der Waals surface area contributed by atoms with Crippen LogP contribution in [-0.2, 0) is 16.0 Å². The van der Waals surface area contributed by atoms with Crippen molar-refractivity contribution in [2.24, 2.45) is 4.99 Å². The molecule has 0 atom stereocenters. The van der Waals surface area contributed by atoms with Gasteiger partial charge in [-0.25, -0.2) is 0 Å². The third kappa shape index (κ3) is 4.82. The van der Waals surface area contributed by atoms with E-state index in [1.54, 1.807) is 36.7 Å². The maximum Gasteiger partial charge on any atom is 0.307 e. The van der Waals surface area contributed by atoms with Crippen LogP contribution in [0.1, 0.15) is 11.1 Å². The summed E-state index contributed by atoms with van der Waals surface area (Å²) in [6.45, 7) is 0. The van der Waals surface area contributed by atoms with Gasteiger partial charge in [0.05, 0.1) is 11.3 Å². The number of pyridine rings is 1. The van der Waals surface area contributed by atoms with E-state index in [0.29, 0.717) is 15.6 Å². The highest BCUT2D eigenvalue weighted by atomic mass is 32.2. The number of carboxylic acids is 1. The third-order valence-corrected chi connectivity index (χ3v) is 5.30. The summed E-state index contributed by atoms with van der Waals surface area (Å²) in [4.78, 5) is 31.6. The van der Waals surface area contributed by atoms with Crippen molar-refractivity contribution in [1.82, 2.24) is 4.98 Å². The third-order valence-electron chi connectivity index (χ3n) is 4.40. The first-order valence-corrected chi connectivity index (χ1v) is 9.99. The molecule has 7 heteroatoms. The van der Waals surface area contributed by atoms with Gasteiger partial charge in [-0.1, -0.05) is 36.4 Å². The average Bonchev–Trinajstić information content (AvgIpc) is 3.09. The van der Waals surface area contributed by atoms with Crippen LogP contribution in [0.2, 0.25) is 0 Å². The standard InChI is InChI=1S/C23H17N3O3S/c27-21(28)14-16-3-7-19(8-4-16)25-23-26-22(29)20(30-23)13-15-1-5-17(6-2-15)18-9-11-24-12-10-18/h1-13H,14H2,(H,27,28)(H,25,26,29). The maximum atomic E-state index is 12.3. The molecule has 0 spiro atoms. The van der Waals surface area contributed by atoms with Gasteiger partial charge in [0.1, 0.15) is 0 Å². The molecule has 2 heterocycles. The number of amides is 1. The molecule has 1 aromatic heterocycles. The fourth-order valence-electron chi connectivity index (χ4n) is 2.93. The zero-order valence-corrected chi connectivity index (χ0v) is 16.6. The number of nitrogens with zero attached hydrogens (tertiary/aromatic N) is 2. The van der Waals surface area contributed by atoms with Crippen molar-refractivity contribution < 1.29 is 14.7 Å². The number of rotatable bonds is 5. The first-order chi connectivity index (χ1) is 14.6. The van der Waals surface area contributed by atoms with Gasteiger partial charge in [0, 0.05) is 18.1 Å². The first kappa shape index (κ1) is 19.6. The van der Waals surface area contributed by atoms with Crippen LogP contribution in [0.25, 0.3) is 17.2 Å². The Morgan fingerprint density at radius 1 is 0.967 bits per heavy atom. The number of carbonyl (C=O) groups excluding carboxylic acids is 1. The van der Waals surface area contributed by atoms with Crippen LogP contribution in [0.4, 0.5) is 5.69 Å². The van der Waals surface area contributed by atoms with Gasteiger partial charge in [-0.05, 0) is 64.4 Å². The molecule has 0 fully saturated rings. The van der Waals surface area contributed by atoms with Gasteiger partial charge < -0.3 is 10.4 Å². The molecule has 30 heavy (non-hydrogen) atoms. The van der Waals surface area contributed by atoms with E-state index in [0.717, 1.165) is 22.4 Å². The Labute approximate surface area is 177 Å². The van der Waals surface area contributed by atoms with E-state index in [-0.39, 0.29) is 12.3 Å². The van der Waals surface area contributed by atoms with Crippen molar-refractivity contribution in [2.75, 3.05) is 5.32 Å². The summed E-state index contributed by atoms with van der Waals surface area (Å²) in [5.41, 5.74) is 4.53. The minimum absolute atomic E-state index is 0.0265. The zero-order chi connectivity index (χ0) is 20.9. The molecule has 2 aromatic carbocycles. The number of benzene rings is 2. The summed E-state index contributed by atoms with van der Waals surface area (Å²) in [6, 6.07) is 18.8. The van der Waals surface area contributed by atoms with E-state index in [1.807, 2.05) is 42.5 Å². The molecule has 6 nitrogen and oxygen atoms in total. The van der Waals surface area contributed by atoms with Gasteiger partial charge in [0.25, 0.3) is 5.91 Å². The molecular weight excluding hydrogens is 398 g/mol. The second kappa shape index (κ2) is 8.75. The summed E-state index contributed by atoms with van der Waals surface area (Å²) in [5.74, 6) is -1.16. The number of amidine groups is 1. The number of anilines is 1. The lowest BCUT2D eigenvalue weighted by Crippen LogP contribution is -2.05. The van der Waals surface area contributed by atoms with Crippen LogP contribution in [-0.4, -0.2) is 27.1 Å². The number of aromatic nitrogens is 1. The van der Waals surface area contributed by atoms with Crippen molar-refractivity contribution >= 4 is 40.6 Å². The average molecular weight is 415 g/mol. The lowest BCUT2D eigenvalue weighted by Gasteiger charge is -2.05. The molecular formula is C23H17N3O3S. The van der Waals surface area contributed by atoms with Crippen LogP contribution in [0, 0.1) is 0 Å². The van der Waals surface area contributed by atoms with Crippen molar-refractivity contribution in [3.63, 3.8) is 0 Å². The molecule has 0 saturated heterocycles. The second-order valence-corrected chi connectivity index (χ2v) is 7.61. The van der Waals surface area contributed by atoms with Crippen molar-refractivity contribution in [3.8, 4) is 11.1 Å². The SMILES string of the molecule is O=C(O)Cc1ccc(NC2=NC(=O)C(=Cc3ccc(-c4ccncc4)cc3)S2)cc1. The molecule has 0 aliphatic carbocycles. The predicted octanol–water partition coefficient (Wildman–Crippen LogP) is 4.46. The predicted molar refractivity (Wildman–Crippen MR) is 119 cm³/mol. The Hall–Kier alpha value is -3.71. The van der Waals surface area contributed by atoms with Crippen molar-refractivity contribution in [1.29, 1.82) is 0 Å². The summed E-state index contributed by atoms with van der Waals surface area (Å²) >= 11 is 1.27. The summed E-state index contributed by atoms with van der Waals surface area (Å²) in [7, 11) is 0. The summed E-state index contributed by atoms with van der Waals surface area (Å²) in [6.07, 6.45) is 5.30. The fraction of sp³-hybridized carbons (Fsp3) is 0.0435. The fourth-order valence-corrected chi connectivity index (χ4v) is 3.77. The lowest BCUT2D eigenvalue weighted by molar-refractivity contribution is -0.136. The Balaban J connectivity index is 1.42. The Morgan fingerprint density at radius 3 is 2.30 bits per heavy atom. The largest absolute Gasteiger partial charge is 0.481 e. The van der Waals surface area contributed by atoms with Crippen molar-refractivity contribution in [2.45, 2.75) is 6.42 Å². The van der Waals surface area contributed by atoms with Gasteiger partial charge in [0.15, 0.2) is 5.17 Å². The number of nitrogens with one attached hydrogen (secondary N) is 1. The topological polar surface area (TPSA) is 91.6 Å². The van der Waals surface area contributed by atoms with Crippen LogP contribution in [0.15, 0.2) is 83.0 Å². The van der Waals surface area contributed by atoms with E-state index >= 15 is 0 Å². The highest BCUT2D eigenvalue weighted by Crippen LogP contribution is 2.30. The molecule has 2 N–H and O–H groups in total. The quantitative estimate of drug-likeness (QED) is 0.598. The Kier molecular flexibility index (Phi) is 5.72. The number of carboxylic acid groups (broad SMARTS) is 1. The highest BCUT2D eigenvalue weighted by molar-refractivity contribution is 8.18. The van der Waals surface area contributed by atoms with E-state index in [2.05, 4.69) is 15.3 Å². The second-order valence-electron chi connectivity index (χ2n) is 6.58. The molecule has 0 saturated carbocycles. The van der Waals surface area contributed by atoms with E-state index < -0.39 is 5.97 Å². The molecule has 4 rings (SSSR count). The van der Waals surface area contributed by atoms with Crippen LogP contribution in [0.5, 0.6) is 0 Å². The number of hydrogen-bond acceptors (Lipinski definition) is 5. The number of carbonyl (C=O) groups is 2. The number of aliphatic imine (C=N–C) groups is 1. The van der Waals surface area contributed by atoms with E-state index in [1.165, 1.54) is 11.8 Å². The molecule has 3 aromatic rings. The first-order valence-electron chi connectivity index (χ1n) is 9.17. The number of aliphatic carboxylic acids is 1. The summed E-state index contributed by atoms with van der Waals surface area (Å²) < 4.78 is 0. The molecule has 148 valence electrons. The molecule has 0 radical (unpaired) electrons. The molecule has 1 aliphatic heterocycles. The van der Waals surface area contributed by atoms with Gasteiger partial charge >= 0.3 is 5.97 Å². The van der Waals surface area contributed by atoms with Crippen LogP contribution in [0.3, 0.4) is 0 Å². The maximum absolute atomic E-state index is 12.3. The molecule has 1 aliphatic rings. The lowest BCUT2D eigenvalue weighted by atomic mass is 10.1. The summed E-state index contributed by atoms with van der Waals surface area (Å²) in [5, 5.41) is 12.4. The van der Waals surface area contributed by atoms with Crippen LogP contribution >= 0.6 is 11.8 Å². The normalized spacial score (nSPS) is 14.6. The number of thioether (sulfide) groups is 1.